The average Bonchev–Trinajstić information content (AvgIpc) is 3.10. The minimum absolute atomic E-state index is 0.0219. The molecule has 0 bridgehead atoms. The first-order valence-corrected chi connectivity index (χ1v) is 9.63. The van der Waals surface area contributed by atoms with Gasteiger partial charge in [0.15, 0.2) is 5.13 Å². The Morgan fingerprint density at radius 2 is 1.89 bits per heavy atom. The number of fused-ring (bicyclic) bond motifs is 1. The number of nitrogens with one attached hydrogen (secondary N) is 1. The van der Waals surface area contributed by atoms with E-state index in [0.717, 1.165) is 22.4 Å². The molecule has 6 nitrogen and oxygen atoms in total. The molecule has 0 radical (unpaired) electrons. The topological polar surface area (TPSA) is 76.4 Å². The highest BCUT2D eigenvalue weighted by Crippen LogP contribution is 2.28. The van der Waals surface area contributed by atoms with Crippen LogP contribution in [0.25, 0.3) is 16.9 Å². The Hall–Kier alpha value is -3.32. The summed E-state index contributed by atoms with van der Waals surface area (Å²) in [5.74, 6) is -0.519. The largest absolute Gasteiger partial charge is 0.298 e. The van der Waals surface area contributed by atoms with Gasteiger partial charge in [0.1, 0.15) is 11.2 Å². The van der Waals surface area contributed by atoms with Gasteiger partial charge in [-0.3, -0.25) is 19.3 Å². The number of anilines is 1. The van der Waals surface area contributed by atoms with Crippen LogP contribution in [0.2, 0.25) is 0 Å². The first kappa shape index (κ1) is 18.1. The first-order valence-electron chi connectivity index (χ1n) is 8.75. The summed E-state index contributed by atoms with van der Waals surface area (Å²) in [6, 6.07) is 9.76. The molecule has 0 saturated carbocycles. The summed E-state index contributed by atoms with van der Waals surface area (Å²) in [5, 5.41) is 5.04. The van der Waals surface area contributed by atoms with Crippen molar-refractivity contribution in [2.45, 2.75) is 20.8 Å². The van der Waals surface area contributed by atoms with Gasteiger partial charge in [-0.2, -0.15) is 0 Å². The van der Waals surface area contributed by atoms with Crippen molar-refractivity contribution in [1.29, 1.82) is 0 Å². The van der Waals surface area contributed by atoms with E-state index >= 15 is 0 Å². The summed E-state index contributed by atoms with van der Waals surface area (Å²) in [5.41, 5.74) is 5.10. The van der Waals surface area contributed by atoms with Gasteiger partial charge >= 0.3 is 0 Å². The number of hydrogen-bond donors (Lipinski definition) is 1. The molecular formula is C21H18N4O2S. The van der Waals surface area contributed by atoms with E-state index in [0.29, 0.717) is 10.8 Å². The summed E-state index contributed by atoms with van der Waals surface area (Å²) in [7, 11) is 0. The Kier molecular flexibility index (Phi) is 4.52. The van der Waals surface area contributed by atoms with E-state index in [2.05, 4.69) is 21.4 Å². The molecular weight excluding hydrogens is 372 g/mol. The van der Waals surface area contributed by atoms with Crippen LogP contribution < -0.4 is 10.9 Å². The molecule has 28 heavy (non-hydrogen) atoms. The van der Waals surface area contributed by atoms with Crippen LogP contribution in [0, 0.1) is 20.8 Å². The molecule has 3 heterocycles. The monoisotopic (exact) mass is 390 g/mol. The fourth-order valence-electron chi connectivity index (χ4n) is 3.06. The molecule has 1 aromatic carbocycles. The molecule has 3 aromatic heterocycles. The lowest BCUT2D eigenvalue weighted by Crippen LogP contribution is -2.26. The van der Waals surface area contributed by atoms with Gasteiger partial charge < -0.3 is 0 Å². The maximum atomic E-state index is 12.7. The van der Waals surface area contributed by atoms with Gasteiger partial charge in [-0.25, -0.2) is 9.97 Å². The van der Waals surface area contributed by atoms with Crippen molar-refractivity contribution in [3.8, 4) is 11.3 Å². The lowest BCUT2D eigenvalue weighted by Gasteiger charge is -2.05. The van der Waals surface area contributed by atoms with Crippen molar-refractivity contribution in [2.75, 3.05) is 5.32 Å². The number of aryl methyl sites for hydroxylation is 3. The Labute approximate surface area is 165 Å². The number of benzene rings is 1. The van der Waals surface area contributed by atoms with Gasteiger partial charge in [0.2, 0.25) is 0 Å². The number of aromatic nitrogens is 3. The van der Waals surface area contributed by atoms with Crippen molar-refractivity contribution < 1.29 is 4.79 Å². The maximum absolute atomic E-state index is 12.7. The molecule has 0 saturated heterocycles. The number of thiazole rings is 1. The zero-order chi connectivity index (χ0) is 19.8. The summed E-state index contributed by atoms with van der Waals surface area (Å²) in [6.07, 6.45) is 2.98. The lowest BCUT2D eigenvalue weighted by atomic mass is 10.0. The molecule has 0 aliphatic rings. The second-order valence-corrected chi connectivity index (χ2v) is 7.58. The summed E-state index contributed by atoms with van der Waals surface area (Å²) in [4.78, 5) is 34.0. The molecule has 7 heteroatoms. The molecule has 4 rings (SSSR count). The molecule has 0 aliphatic heterocycles. The number of carbonyl (C=O) groups excluding carboxylic acids is 1. The Morgan fingerprint density at radius 1 is 1.11 bits per heavy atom. The molecule has 0 fully saturated rings. The Balaban J connectivity index is 1.63. The highest BCUT2D eigenvalue weighted by molar-refractivity contribution is 7.14. The SMILES string of the molecule is Cc1ccc(-c2csc(NC(=O)c3cnc4ccc(C)cn4c3=O)n2)c(C)c1. The predicted octanol–water partition coefficient (Wildman–Crippen LogP) is 4.00. The van der Waals surface area contributed by atoms with Crippen LogP contribution in [0.1, 0.15) is 27.0 Å². The molecule has 140 valence electrons. The minimum Gasteiger partial charge on any atom is -0.298 e. The number of rotatable bonds is 3. The second kappa shape index (κ2) is 7.01. The lowest BCUT2D eigenvalue weighted by molar-refractivity contribution is 0.102. The van der Waals surface area contributed by atoms with Gasteiger partial charge in [-0.15, -0.1) is 11.3 Å². The number of pyridine rings is 1. The van der Waals surface area contributed by atoms with Crippen molar-refractivity contribution in [3.63, 3.8) is 0 Å². The van der Waals surface area contributed by atoms with E-state index in [-0.39, 0.29) is 5.56 Å². The van der Waals surface area contributed by atoms with Crippen LogP contribution in [0.15, 0.2) is 52.9 Å². The summed E-state index contributed by atoms with van der Waals surface area (Å²) >= 11 is 1.32. The molecule has 0 aliphatic carbocycles. The molecule has 1 amide bonds. The van der Waals surface area contributed by atoms with E-state index in [4.69, 9.17) is 0 Å². The number of nitrogens with zero attached hydrogens (tertiary/aromatic N) is 3. The molecule has 1 N–H and O–H groups in total. The van der Waals surface area contributed by atoms with Crippen molar-refractivity contribution >= 4 is 28.0 Å². The average molecular weight is 390 g/mol. The summed E-state index contributed by atoms with van der Waals surface area (Å²) < 4.78 is 1.38. The smallest absolute Gasteiger partial charge is 0.270 e. The van der Waals surface area contributed by atoms with E-state index in [1.165, 1.54) is 27.5 Å². The quantitative estimate of drug-likeness (QED) is 0.574. The molecule has 0 atom stereocenters. The molecule has 0 unspecified atom stereocenters. The van der Waals surface area contributed by atoms with Crippen LogP contribution in [-0.4, -0.2) is 20.3 Å². The normalized spacial score (nSPS) is 11.0. The van der Waals surface area contributed by atoms with Crippen LogP contribution in [0.3, 0.4) is 0 Å². The highest BCUT2D eigenvalue weighted by atomic mass is 32.1. The number of amides is 1. The van der Waals surface area contributed by atoms with E-state index in [1.807, 2.05) is 44.4 Å². The first-order chi connectivity index (χ1) is 13.4. The van der Waals surface area contributed by atoms with Crippen molar-refractivity contribution in [3.05, 3.63) is 80.7 Å². The van der Waals surface area contributed by atoms with Gasteiger partial charge in [0.25, 0.3) is 11.5 Å². The van der Waals surface area contributed by atoms with Gasteiger partial charge in [0, 0.05) is 23.3 Å². The molecule has 4 aromatic rings. The third-order valence-corrected chi connectivity index (χ3v) is 5.23. The van der Waals surface area contributed by atoms with Crippen LogP contribution >= 0.6 is 11.3 Å². The third kappa shape index (κ3) is 3.32. The Bertz CT molecular complexity index is 1270. The fraction of sp³-hybridized carbons (Fsp3) is 0.143. The summed E-state index contributed by atoms with van der Waals surface area (Å²) in [6.45, 7) is 5.95. The highest BCUT2D eigenvalue weighted by Gasteiger charge is 2.16. The van der Waals surface area contributed by atoms with E-state index in [9.17, 15) is 9.59 Å². The van der Waals surface area contributed by atoms with Crippen LogP contribution in [0.5, 0.6) is 0 Å². The standard InChI is InChI=1S/C21H18N4O2S/c1-12-4-6-15(14(3)8-12)17-11-28-21(23-17)24-19(26)16-9-22-18-7-5-13(2)10-25(18)20(16)27/h4-11H,1-3H3,(H,23,24,26). The van der Waals surface area contributed by atoms with Gasteiger partial charge in [-0.1, -0.05) is 29.8 Å². The Morgan fingerprint density at radius 3 is 2.68 bits per heavy atom. The van der Waals surface area contributed by atoms with Crippen LogP contribution in [0.4, 0.5) is 5.13 Å². The second-order valence-electron chi connectivity index (χ2n) is 6.72. The molecule has 0 spiro atoms. The third-order valence-electron chi connectivity index (χ3n) is 4.48. The minimum atomic E-state index is -0.519. The fourth-order valence-corrected chi connectivity index (χ4v) is 3.76. The number of carbonyl (C=O) groups is 1. The van der Waals surface area contributed by atoms with Gasteiger partial charge in [0.05, 0.1) is 5.69 Å². The van der Waals surface area contributed by atoms with Crippen molar-refractivity contribution in [1.82, 2.24) is 14.4 Å². The zero-order valence-electron chi connectivity index (χ0n) is 15.7. The zero-order valence-corrected chi connectivity index (χ0v) is 16.5. The number of hydrogen-bond acceptors (Lipinski definition) is 5. The van der Waals surface area contributed by atoms with Crippen molar-refractivity contribution in [2.24, 2.45) is 0 Å². The predicted molar refractivity (Wildman–Crippen MR) is 111 cm³/mol. The van der Waals surface area contributed by atoms with Gasteiger partial charge in [-0.05, 0) is 38.0 Å². The van der Waals surface area contributed by atoms with E-state index in [1.54, 1.807) is 12.3 Å². The van der Waals surface area contributed by atoms with E-state index < -0.39 is 11.5 Å². The van der Waals surface area contributed by atoms with Crippen LogP contribution in [-0.2, 0) is 0 Å². The maximum Gasteiger partial charge on any atom is 0.270 e.